The van der Waals surface area contributed by atoms with E-state index in [2.05, 4.69) is 10.2 Å². The van der Waals surface area contributed by atoms with E-state index in [9.17, 15) is 9.18 Å². The largest absolute Gasteiger partial charge is 0.494 e. The zero-order valence-electron chi connectivity index (χ0n) is 15.0. The highest BCUT2D eigenvalue weighted by atomic mass is 19.1. The first kappa shape index (κ1) is 18.1. The van der Waals surface area contributed by atoms with Crippen LogP contribution in [-0.4, -0.2) is 57.3 Å². The minimum absolute atomic E-state index is 0.132. The SMILES string of the molecule is COCCCN1C[C@@H](NC(=O)c2ccc(OC)c(F)c2)[C@H](C2CC2)C1. The van der Waals surface area contributed by atoms with Crippen LogP contribution in [0.4, 0.5) is 4.39 Å². The first-order chi connectivity index (χ1) is 12.1. The van der Waals surface area contributed by atoms with Crippen LogP contribution >= 0.6 is 0 Å². The number of halogens is 1. The lowest BCUT2D eigenvalue weighted by molar-refractivity contribution is 0.0927. The van der Waals surface area contributed by atoms with Gasteiger partial charge in [0.2, 0.25) is 0 Å². The minimum atomic E-state index is -0.512. The molecule has 138 valence electrons. The molecule has 0 bridgehead atoms. The highest BCUT2D eigenvalue weighted by molar-refractivity contribution is 5.94. The van der Waals surface area contributed by atoms with Crippen LogP contribution in [0.2, 0.25) is 0 Å². The Morgan fingerprint density at radius 3 is 2.76 bits per heavy atom. The summed E-state index contributed by atoms with van der Waals surface area (Å²) < 4.78 is 23.9. The van der Waals surface area contributed by atoms with Crippen molar-refractivity contribution >= 4 is 5.91 Å². The Bertz CT molecular complexity index is 606. The third-order valence-electron chi connectivity index (χ3n) is 5.22. The van der Waals surface area contributed by atoms with Gasteiger partial charge in [0.25, 0.3) is 5.91 Å². The predicted octanol–water partition coefficient (Wildman–Crippen LogP) is 2.31. The zero-order valence-corrected chi connectivity index (χ0v) is 15.0. The predicted molar refractivity (Wildman–Crippen MR) is 93.4 cm³/mol. The van der Waals surface area contributed by atoms with Crippen LogP contribution in [0.3, 0.4) is 0 Å². The van der Waals surface area contributed by atoms with Crippen LogP contribution in [0.5, 0.6) is 5.75 Å². The third-order valence-corrected chi connectivity index (χ3v) is 5.22. The molecule has 1 amide bonds. The molecule has 1 aromatic carbocycles. The van der Waals surface area contributed by atoms with Gasteiger partial charge in [-0.1, -0.05) is 0 Å². The second kappa shape index (κ2) is 8.15. The number of nitrogens with zero attached hydrogens (tertiary/aromatic N) is 1. The summed E-state index contributed by atoms with van der Waals surface area (Å²) in [5, 5.41) is 3.13. The Balaban J connectivity index is 1.61. The first-order valence-corrected chi connectivity index (χ1v) is 8.98. The summed E-state index contributed by atoms with van der Waals surface area (Å²) in [6.07, 6.45) is 3.50. The highest BCUT2D eigenvalue weighted by Gasteiger charge is 2.42. The minimum Gasteiger partial charge on any atom is -0.494 e. The van der Waals surface area contributed by atoms with E-state index >= 15 is 0 Å². The average molecular weight is 350 g/mol. The van der Waals surface area contributed by atoms with Crippen LogP contribution in [0.1, 0.15) is 29.6 Å². The number of rotatable bonds is 8. The Hall–Kier alpha value is -1.66. The maximum absolute atomic E-state index is 13.8. The molecule has 25 heavy (non-hydrogen) atoms. The van der Waals surface area contributed by atoms with Crippen molar-refractivity contribution in [2.24, 2.45) is 11.8 Å². The molecular weight excluding hydrogens is 323 g/mol. The van der Waals surface area contributed by atoms with Gasteiger partial charge in [-0.3, -0.25) is 4.79 Å². The number of likely N-dealkylation sites (tertiary alicyclic amines) is 1. The van der Waals surface area contributed by atoms with E-state index in [0.29, 0.717) is 17.4 Å². The van der Waals surface area contributed by atoms with E-state index in [4.69, 9.17) is 9.47 Å². The normalized spacial score (nSPS) is 23.6. The fourth-order valence-electron chi connectivity index (χ4n) is 3.74. The molecule has 1 aliphatic carbocycles. The number of benzene rings is 1. The van der Waals surface area contributed by atoms with E-state index in [-0.39, 0.29) is 17.7 Å². The summed E-state index contributed by atoms with van der Waals surface area (Å²) in [7, 11) is 3.13. The van der Waals surface area contributed by atoms with Gasteiger partial charge in [0.1, 0.15) is 0 Å². The van der Waals surface area contributed by atoms with Gasteiger partial charge in [-0.15, -0.1) is 0 Å². The van der Waals surface area contributed by atoms with Crippen LogP contribution in [-0.2, 0) is 4.74 Å². The van der Waals surface area contributed by atoms with Crippen molar-refractivity contribution in [2.75, 3.05) is 40.5 Å². The van der Waals surface area contributed by atoms with Gasteiger partial charge in [0, 0.05) is 45.0 Å². The molecule has 1 saturated heterocycles. The molecule has 1 saturated carbocycles. The zero-order chi connectivity index (χ0) is 17.8. The monoisotopic (exact) mass is 350 g/mol. The Labute approximate surface area is 148 Å². The molecule has 0 radical (unpaired) electrons. The van der Waals surface area contributed by atoms with Crippen molar-refractivity contribution in [1.29, 1.82) is 0 Å². The summed E-state index contributed by atoms with van der Waals surface area (Å²) >= 11 is 0. The Morgan fingerprint density at radius 2 is 2.12 bits per heavy atom. The van der Waals surface area contributed by atoms with Crippen molar-refractivity contribution < 1.29 is 18.7 Å². The van der Waals surface area contributed by atoms with Gasteiger partial charge in [-0.25, -0.2) is 4.39 Å². The van der Waals surface area contributed by atoms with Crippen LogP contribution in [0.15, 0.2) is 18.2 Å². The second-order valence-corrected chi connectivity index (χ2v) is 7.04. The van der Waals surface area contributed by atoms with Crippen LogP contribution in [0, 0.1) is 17.7 Å². The smallest absolute Gasteiger partial charge is 0.251 e. The molecule has 3 rings (SSSR count). The van der Waals surface area contributed by atoms with Crippen molar-refractivity contribution in [2.45, 2.75) is 25.3 Å². The van der Waals surface area contributed by atoms with Gasteiger partial charge in [0.05, 0.1) is 7.11 Å². The molecular formula is C19H27FN2O3. The Morgan fingerprint density at radius 1 is 1.32 bits per heavy atom. The number of amides is 1. The van der Waals surface area contributed by atoms with E-state index in [0.717, 1.165) is 32.7 Å². The maximum atomic E-state index is 13.8. The van der Waals surface area contributed by atoms with E-state index < -0.39 is 5.82 Å². The number of ether oxygens (including phenoxy) is 2. The molecule has 5 nitrogen and oxygen atoms in total. The van der Waals surface area contributed by atoms with Gasteiger partial charge in [-0.05, 0) is 49.3 Å². The number of hydrogen-bond acceptors (Lipinski definition) is 4. The van der Waals surface area contributed by atoms with Crippen molar-refractivity contribution in [3.63, 3.8) is 0 Å². The van der Waals surface area contributed by atoms with Gasteiger partial charge in [0.15, 0.2) is 11.6 Å². The van der Waals surface area contributed by atoms with Crippen LogP contribution in [0.25, 0.3) is 0 Å². The molecule has 1 aromatic rings. The molecule has 2 aliphatic rings. The van der Waals surface area contributed by atoms with Crippen molar-refractivity contribution in [3.8, 4) is 5.75 Å². The number of carbonyl (C=O) groups excluding carboxylic acids is 1. The van der Waals surface area contributed by atoms with E-state index in [1.165, 1.54) is 32.1 Å². The molecule has 2 fully saturated rings. The molecule has 1 heterocycles. The molecule has 0 aromatic heterocycles. The summed E-state index contributed by atoms with van der Waals surface area (Å²) in [5.41, 5.74) is 0.339. The topological polar surface area (TPSA) is 50.8 Å². The number of methoxy groups -OCH3 is 2. The fourth-order valence-corrected chi connectivity index (χ4v) is 3.74. The number of hydrogen-bond donors (Lipinski definition) is 1. The molecule has 2 atom stereocenters. The lowest BCUT2D eigenvalue weighted by Gasteiger charge is -2.19. The Kier molecular flexibility index (Phi) is 5.91. The number of carbonyl (C=O) groups is 1. The quantitative estimate of drug-likeness (QED) is 0.731. The van der Waals surface area contributed by atoms with Gasteiger partial charge < -0.3 is 19.7 Å². The summed E-state index contributed by atoms with van der Waals surface area (Å²) in [4.78, 5) is 15.0. The average Bonchev–Trinajstić information content (AvgIpc) is 3.37. The summed E-state index contributed by atoms with van der Waals surface area (Å²) in [6, 6.07) is 4.47. The number of nitrogens with one attached hydrogen (secondary N) is 1. The second-order valence-electron chi connectivity index (χ2n) is 7.04. The molecule has 1 N–H and O–H groups in total. The lowest BCUT2D eigenvalue weighted by atomic mass is 9.98. The van der Waals surface area contributed by atoms with Crippen LogP contribution < -0.4 is 10.1 Å². The molecule has 0 unspecified atom stereocenters. The molecule has 6 heteroatoms. The third kappa shape index (κ3) is 4.50. The maximum Gasteiger partial charge on any atom is 0.251 e. The summed E-state index contributed by atoms with van der Waals surface area (Å²) in [5.74, 6) is 0.634. The van der Waals surface area contributed by atoms with Crippen molar-refractivity contribution in [3.05, 3.63) is 29.6 Å². The lowest BCUT2D eigenvalue weighted by Crippen LogP contribution is -2.41. The molecule has 1 aliphatic heterocycles. The first-order valence-electron chi connectivity index (χ1n) is 8.98. The van der Waals surface area contributed by atoms with Gasteiger partial charge in [-0.2, -0.15) is 0 Å². The highest BCUT2D eigenvalue weighted by Crippen LogP contribution is 2.41. The standard InChI is InChI=1S/C19H27FN2O3/c1-24-9-3-8-22-11-15(13-4-5-13)17(12-22)21-19(23)14-6-7-18(25-2)16(20)10-14/h6-7,10,13,15,17H,3-5,8-9,11-12H2,1-2H3,(H,21,23)/t15-,17+/m0/s1. The van der Waals surface area contributed by atoms with E-state index in [1.807, 2.05) is 0 Å². The summed E-state index contributed by atoms with van der Waals surface area (Å²) in [6.45, 7) is 3.62. The fraction of sp³-hybridized carbons (Fsp3) is 0.632. The van der Waals surface area contributed by atoms with Gasteiger partial charge >= 0.3 is 0 Å². The molecule has 0 spiro atoms. The van der Waals surface area contributed by atoms with Crippen molar-refractivity contribution in [1.82, 2.24) is 10.2 Å². The van der Waals surface area contributed by atoms with E-state index in [1.54, 1.807) is 13.2 Å².